The Hall–Kier alpha value is -2.41. The van der Waals surface area contributed by atoms with Crippen molar-refractivity contribution in [1.29, 1.82) is 0 Å². The van der Waals surface area contributed by atoms with Crippen LogP contribution in [0.15, 0.2) is 42.5 Å². The highest BCUT2D eigenvalue weighted by atomic mass is 32.2. The average Bonchev–Trinajstić information content (AvgIpc) is 2.91. The van der Waals surface area contributed by atoms with Crippen LogP contribution in [0.4, 0.5) is 5.69 Å². The van der Waals surface area contributed by atoms with Crippen molar-refractivity contribution in [3.8, 4) is 0 Å². The summed E-state index contributed by atoms with van der Waals surface area (Å²) in [5.41, 5.74) is 0.627. The standard InChI is InChI=1S/C18H19NO5S/c20-17(11-24-18(21)9-13-7-8-25(22,23)12-13)19-16-6-5-14-3-1-2-4-15(14)10-16/h1-6,10,13H,7-9,11-12H2,(H,19,20)/t13-/m1/s1. The van der Waals surface area contributed by atoms with E-state index in [2.05, 4.69) is 5.32 Å². The normalized spacial score (nSPS) is 18.8. The molecule has 3 rings (SSSR count). The van der Waals surface area contributed by atoms with Crippen molar-refractivity contribution < 1.29 is 22.7 Å². The lowest BCUT2D eigenvalue weighted by atomic mass is 10.1. The van der Waals surface area contributed by atoms with E-state index >= 15 is 0 Å². The quantitative estimate of drug-likeness (QED) is 0.824. The molecule has 1 N–H and O–H groups in total. The third-order valence-corrected chi connectivity index (χ3v) is 6.02. The first-order chi connectivity index (χ1) is 11.9. The monoisotopic (exact) mass is 361 g/mol. The number of esters is 1. The third-order valence-electron chi connectivity index (χ3n) is 4.18. The highest BCUT2D eigenvalue weighted by molar-refractivity contribution is 7.91. The van der Waals surface area contributed by atoms with E-state index in [4.69, 9.17) is 4.74 Å². The van der Waals surface area contributed by atoms with Crippen molar-refractivity contribution in [1.82, 2.24) is 0 Å². The number of amides is 1. The molecule has 0 unspecified atom stereocenters. The molecule has 1 atom stereocenters. The number of carbonyl (C=O) groups is 2. The second-order valence-electron chi connectivity index (χ2n) is 6.24. The van der Waals surface area contributed by atoms with E-state index in [1.807, 2.05) is 36.4 Å². The largest absolute Gasteiger partial charge is 0.456 e. The van der Waals surface area contributed by atoms with Crippen LogP contribution in [0.5, 0.6) is 0 Å². The molecule has 1 fully saturated rings. The number of rotatable bonds is 5. The van der Waals surface area contributed by atoms with Gasteiger partial charge in [-0.15, -0.1) is 0 Å². The zero-order chi connectivity index (χ0) is 17.9. The molecule has 6 nitrogen and oxygen atoms in total. The van der Waals surface area contributed by atoms with Gasteiger partial charge in [0.2, 0.25) is 0 Å². The third kappa shape index (κ3) is 4.79. The van der Waals surface area contributed by atoms with Gasteiger partial charge in [0, 0.05) is 12.1 Å². The number of ether oxygens (including phenoxy) is 1. The van der Waals surface area contributed by atoms with Crippen LogP contribution in [0.3, 0.4) is 0 Å². The minimum Gasteiger partial charge on any atom is -0.456 e. The van der Waals surface area contributed by atoms with Crippen LogP contribution in [0, 0.1) is 5.92 Å². The van der Waals surface area contributed by atoms with E-state index < -0.39 is 21.7 Å². The van der Waals surface area contributed by atoms with Gasteiger partial charge in [-0.2, -0.15) is 0 Å². The number of nitrogens with one attached hydrogen (secondary N) is 1. The second kappa shape index (κ2) is 7.23. The zero-order valence-corrected chi connectivity index (χ0v) is 14.4. The van der Waals surface area contributed by atoms with Crippen molar-refractivity contribution >= 4 is 38.2 Å². The topological polar surface area (TPSA) is 89.5 Å². The Balaban J connectivity index is 1.48. The molecule has 0 saturated carbocycles. The summed E-state index contributed by atoms with van der Waals surface area (Å²) in [7, 11) is -3.02. The van der Waals surface area contributed by atoms with Crippen molar-refractivity contribution in [2.24, 2.45) is 5.92 Å². The Labute approximate surface area is 146 Å². The molecule has 1 aliphatic rings. The van der Waals surface area contributed by atoms with E-state index in [1.165, 1.54) is 0 Å². The van der Waals surface area contributed by atoms with Crippen molar-refractivity contribution in [2.75, 3.05) is 23.4 Å². The lowest BCUT2D eigenvalue weighted by Crippen LogP contribution is -2.22. The van der Waals surface area contributed by atoms with E-state index in [0.717, 1.165) is 10.8 Å². The van der Waals surface area contributed by atoms with Crippen LogP contribution >= 0.6 is 0 Å². The molecule has 2 aromatic carbocycles. The molecular formula is C18H19NO5S. The molecule has 0 radical (unpaired) electrons. The highest BCUT2D eigenvalue weighted by Gasteiger charge is 2.29. The zero-order valence-electron chi connectivity index (χ0n) is 13.6. The Morgan fingerprint density at radius 2 is 1.88 bits per heavy atom. The van der Waals surface area contributed by atoms with Crippen molar-refractivity contribution in [2.45, 2.75) is 12.8 Å². The molecule has 0 spiro atoms. The number of carbonyl (C=O) groups excluding carboxylic acids is 2. The van der Waals surface area contributed by atoms with Gasteiger partial charge in [-0.3, -0.25) is 9.59 Å². The van der Waals surface area contributed by atoms with E-state index in [1.54, 1.807) is 6.07 Å². The average molecular weight is 361 g/mol. The Bertz CT molecular complexity index is 907. The molecule has 7 heteroatoms. The minimum atomic E-state index is -3.02. The van der Waals surface area contributed by atoms with E-state index in [0.29, 0.717) is 12.1 Å². The first-order valence-corrected chi connectivity index (χ1v) is 9.88. The Morgan fingerprint density at radius 1 is 1.12 bits per heavy atom. The minimum absolute atomic E-state index is 0.0192. The fourth-order valence-corrected chi connectivity index (χ4v) is 4.80. The van der Waals surface area contributed by atoms with E-state index in [-0.39, 0.29) is 30.5 Å². The van der Waals surface area contributed by atoms with Gasteiger partial charge in [-0.25, -0.2) is 8.42 Å². The molecule has 1 amide bonds. The van der Waals surface area contributed by atoms with Crippen LogP contribution in [0.2, 0.25) is 0 Å². The molecule has 2 aromatic rings. The maximum absolute atomic E-state index is 11.9. The van der Waals surface area contributed by atoms with Gasteiger partial charge in [0.1, 0.15) is 0 Å². The van der Waals surface area contributed by atoms with Gasteiger partial charge in [0.15, 0.2) is 16.4 Å². The fourth-order valence-electron chi connectivity index (χ4n) is 2.94. The summed E-state index contributed by atoms with van der Waals surface area (Å²) in [4.78, 5) is 23.7. The molecule has 0 aliphatic carbocycles. The van der Waals surface area contributed by atoms with Crippen LogP contribution in [0.1, 0.15) is 12.8 Å². The van der Waals surface area contributed by atoms with Gasteiger partial charge >= 0.3 is 5.97 Å². The lowest BCUT2D eigenvalue weighted by Gasteiger charge is -2.09. The Kier molecular flexibility index (Phi) is 5.03. The molecule has 25 heavy (non-hydrogen) atoms. The predicted molar refractivity (Wildman–Crippen MR) is 94.9 cm³/mol. The summed E-state index contributed by atoms with van der Waals surface area (Å²) in [5.74, 6) is -1.04. The molecule has 132 valence electrons. The summed E-state index contributed by atoms with van der Waals surface area (Å²) >= 11 is 0. The van der Waals surface area contributed by atoms with Crippen LogP contribution in [-0.2, 0) is 24.2 Å². The van der Waals surface area contributed by atoms with Crippen LogP contribution < -0.4 is 5.32 Å². The van der Waals surface area contributed by atoms with Gasteiger partial charge in [-0.1, -0.05) is 30.3 Å². The second-order valence-corrected chi connectivity index (χ2v) is 8.47. The summed E-state index contributed by atoms with van der Waals surface area (Å²) in [6.45, 7) is -0.384. The Morgan fingerprint density at radius 3 is 2.60 bits per heavy atom. The number of benzene rings is 2. The van der Waals surface area contributed by atoms with Crippen molar-refractivity contribution in [3.05, 3.63) is 42.5 Å². The fraction of sp³-hybridized carbons (Fsp3) is 0.333. The first-order valence-electron chi connectivity index (χ1n) is 8.06. The molecule has 0 aromatic heterocycles. The predicted octanol–water partition coefficient (Wildman–Crippen LogP) is 2.15. The van der Waals surface area contributed by atoms with Gasteiger partial charge < -0.3 is 10.1 Å². The van der Waals surface area contributed by atoms with Crippen molar-refractivity contribution in [3.63, 3.8) is 0 Å². The summed E-state index contributed by atoms with van der Waals surface area (Å²) in [6, 6.07) is 13.3. The van der Waals surface area contributed by atoms with Gasteiger partial charge in [0.05, 0.1) is 11.5 Å². The SMILES string of the molecule is O=C(COC(=O)C[C@H]1CCS(=O)(=O)C1)Nc1ccc2ccccc2c1. The smallest absolute Gasteiger partial charge is 0.306 e. The van der Waals surface area contributed by atoms with E-state index in [9.17, 15) is 18.0 Å². The number of sulfone groups is 1. The lowest BCUT2D eigenvalue weighted by molar-refractivity contribution is -0.148. The highest BCUT2D eigenvalue weighted by Crippen LogP contribution is 2.22. The molecular weight excluding hydrogens is 342 g/mol. The summed E-state index contributed by atoms with van der Waals surface area (Å²) in [6.07, 6.45) is 0.503. The number of fused-ring (bicyclic) bond motifs is 1. The first kappa shape index (κ1) is 17.4. The molecule has 1 saturated heterocycles. The summed E-state index contributed by atoms with van der Waals surface area (Å²) < 4.78 is 27.7. The van der Waals surface area contributed by atoms with Gasteiger partial charge in [-0.05, 0) is 35.2 Å². The number of anilines is 1. The molecule has 1 heterocycles. The van der Waals surface area contributed by atoms with Crippen LogP contribution in [-0.4, -0.2) is 38.4 Å². The number of hydrogen-bond acceptors (Lipinski definition) is 5. The number of hydrogen-bond donors (Lipinski definition) is 1. The maximum atomic E-state index is 11.9. The maximum Gasteiger partial charge on any atom is 0.306 e. The molecule has 1 aliphatic heterocycles. The summed E-state index contributed by atoms with van der Waals surface area (Å²) in [5, 5.41) is 4.75. The molecule has 0 bridgehead atoms. The van der Waals surface area contributed by atoms with Crippen LogP contribution in [0.25, 0.3) is 10.8 Å². The van der Waals surface area contributed by atoms with Gasteiger partial charge in [0.25, 0.3) is 5.91 Å².